The highest BCUT2D eigenvalue weighted by molar-refractivity contribution is 5.55. The molecule has 0 radical (unpaired) electrons. The van der Waals surface area contributed by atoms with E-state index in [1.54, 1.807) is 0 Å². The van der Waals surface area contributed by atoms with Gasteiger partial charge in [-0.3, -0.25) is 0 Å². The van der Waals surface area contributed by atoms with Gasteiger partial charge in [0.25, 0.3) is 0 Å². The van der Waals surface area contributed by atoms with E-state index in [0.29, 0.717) is 6.10 Å². The predicted octanol–water partition coefficient (Wildman–Crippen LogP) is 3.40. The van der Waals surface area contributed by atoms with Crippen molar-refractivity contribution in [1.29, 1.82) is 0 Å². The summed E-state index contributed by atoms with van der Waals surface area (Å²) in [5.41, 5.74) is 4.12. The van der Waals surface area contributed by atoms with E-state index >= 15 is 0 Å². The standard InChI is InChI=1S/C15H23NO/c1-3-5-8-17-14-10-13-9-12(4-2)6-7-15(13)16-11-14/h6-7,9,14,16H,3-5,8,10-11H2,1-2H3. The van der Waals surface area contributed by atoms with Crippen LogP contribution in [0, 0.1) is 0 Å². The van der Waals surface area contributed by atoms with Gasteiger partial charge in [0.2, 0.25) is 0 Å². The number of anilines is 1. The minimum absolute atomic E-state index is 0.348. The molecule has 2 heteroatoms. The van der Waals surface area contributed by atoms with Crippen LogP contribution in [0.15, 0.2) is 18.2 Å². The molecule has 1 aromatic rings. The normalized spacial score (nSPS) is 18.6. The van der Waals surface area contributed by atoms with Crippen LogP contribution in [0.3, 0.4) is 0 Å². The van der Waals surface area contributed by atoms with Crippen molar-refractivity contribution in [2.24, 2.45) is 0 Å². The molecule has 1 aromatic carbocycles. The van der Waals surface area contributed by atoms with Crippen molar-refractivity contribution in [3.05, 3.63) is 29.3 Å². The smallest absolute Gasteiger partial charge is 0.0788 e. The summed E-state index contributed by atoms with van der Waals surface area (Å²) in [7, 11) is 0. The van der Waals surface area contributed by atoms with Gasteiger partial charge in [0, 0.05) is 25.3 Å². The van der Waals surface area contributed by atoms with Gasteiger partial charge in [-0.15, -0.1) is 0 Å². The molecule has 0 saturated carbocycles. The molecule has 1 heterocycles. The first-order valence-corrected chi connectivity index (χ1v) is 6.80. The number of ether oxygens (including phenoxy) is 1. The Hall–Kier alpha value is -1.02. The SMILES string of the molecule is CCCCOC1CNc2ccc(CC)cc2C1. The molecule has 0 spiro atoms. The van der Waals surface area contributed by atoms with Crippen LogP contribution in [0.1, 0.15) is 37.8 Å². The Morgan fingerprint density at radius 3 is 3.00 bits per heavy atom. The van der Waals surface area contributed by atoms with Gasteiger partial charge in [-0.05, 0) is 30.0 Å². The number of fused-ring (bicyclic) bond motifs is 1. The zero-order valence-corrected chi connectivity index (χ0v) is 11.0. The fraction of sp³-hybridized carbons (Fsp3) is 0.600. The Balaban J connectivity index is 1.96. The number of hydrogen-bond acceptors (Lipinski definition) is 2. The van der Waals surface area contributed by atoms with E-state index in [-0.39, 0.29) is 0 Å². The van der Waals surface area contributed by atoms with Gasteiger partial charge in [0.05, 0.1) is 6.10 Å². The Labute approximate surface area is 104 Å². The minimum atomic E-state index is 0.348. The zero-order valence-electron chi connectivity index (χ0n) is 11.0. The molecule has 0 bridgehead atoms. The molecule has 94 valence electrons. The van der Waals surface area contributed by atoms with Crippen molar-refractivity contribution in [3.8, 4) is 0 Å². The van der Waals surface area contributed by atoms with E-state index in [2.05, 4.69) is 37.4 Å². The molecule has 2 rings (SSSR count). The molecule has 1 N–H and O–H groups in total. The number of hydrogen-bond donors (Lipinski definition) is 1. The molecule has 1 unspecified atom stereocenters. The molecular weight excluding hydrogens is 210 g/mol. The lowest BCUT2D eigenvalue weighted by Gasteiger charge is -2.26. The molecule has 0 aliphatic carbocycles. The molecule has 0 saturated heterocycles. The first-order valence-electron chi connectivity index (χ1n) is 6.80. The number of nitrogens with one attached hydrogen (secondary N) is 1. The Morgan fingerprint density at radius 2 is 2.24 bits per heavy atom. The topological polar surface area (TPSA) is 21.3 Å². The first kappa shape index (κ1) is 12.4. The third kappa shape index (κ3) is 3.22. The van der Waals surface area contributed by atoms with Gasteiger partial charge in [-0.1, -0.05) is 32.4 Å². The maximum atomic E-state index is 5.89. The van der Waals surface area contributed by atoms with Gasteiger partial charge in [-0.25, -0.2) is 0 Å². The molecule has 1 aliphatic rings. The highest BCUT2D eigenvalue weighted by atomic mass is 16.5. The Kier molecular flexibility index (Phi) is 4.43. The van der Waals surface area contributed by atoms with Crippen LogP contribution in [0.25, 0.3) is 0 Å². The van der Waals surface area contributed by atoms with Crippen molar-refractivity contribution in [3.63, 3.8) is 0 Å². The summed E-state index contributed by atoms with van der Waals surface area (Å²) in [6, 6.07) is 6.73. The van der Waals surface area contributed by atoms with E-state index in [1.807, 2.05) is 0 Å². The van der Waals surface area contributed by atoms with Crippen LogP contribution in [0.4, 0.5) is 5.69 Å². The maximum absolute atomic E-state index is 5.89. The third-order valence-electron chi connectivity index (χ3n) is 3.40. The van der Waals surface area contributed by atoms with Crippen LogP contribution in [0.5, 0.6) is 0 Å². The molecule has 0 fully saturated rings. The average Bonchev–Trinajstić information content (AvgIpc) is 2.38. The van der Waals surface area contributed by atoms with Crippen molar-refractivity contribution in [2.75, 3.05) is 18.5 Å². The summed E-state index contributed by atoms with van der Waals surface area (Å²) in [6.45, 7) is 6.24. The van der Waals surface area contributed by atoms with Crippen molar-refractivity contribution >= 4 is 5.69 Å². The second-order valence-corrected chi connectivity index (χ2v) is 4.78. The van der Waals surface area contributed by atoms with Crippen LogP contribution < -0.4 is 5.32 Å². The lowest BCUT2D eigenvalue weighted by Crippen LogP contribution is -2.30. The van der Waals surface area contributed by atoms with Crippen LogP contribution in [-0.4, -0.2) is 19.3 Å². The molecule has 1 atom stereocenters. The summed E-state index contributed by atoms with van der Waals surface area (Å²) in [4.78, 5) is 0. The summed E-state index contributed by atoms with van der Waals surface area (Å²) >= 11 is 0. The van der Waals surface area contributed by atoms with Crippen molar-refractivity contribution in [1.82, 2.24) is 0 Å². The average molecular weight is 233 g/mol. The molecule has 17 heavy (non-hydrogen) atoms. The fourth-order valence-electron chi connectivity index (χ4n) is 2.26. The number of aryl methyl sites for hydroxylation is 1. The highest BCUT2D eigenvalue weighted by Gasteiger charge is 2.18. The number of benzene rings is 1. The predicted molar refractivity (Wildman–Crippen MR) is 72.7 cm³/mol. The molecule has 0 amide bonds. The van der Waals surface area contributed by atoms with Gasteiger partial charge >= 0.3 is 0 Å². The minimum Gasteiger partial charge on any atom is -0.382 e. The lowest BCUT2D eigenvalue weighted by atomic mass is 9.98. The van der Waals surface area contributed by atoms with Crippen LogP contribution in [0.2, 0.25) is 0 Å². The van der Waals surface area contributed by atoms with Crippen molar-refractivity contribution in [2.45, 2.75) is 45.6 Å². The second kappa shape index (κ2) is 6.06. The third-order valence-corrected chi connectivity index (χ3v) is 3.40. The van der Waals surface area contributed by atoms with E-state index in [0.717, 1.165) is 26.0 Å². The highest BCUT2D eigenvalue weighted by Crippen LogP contribution is 2.24. The van der Waals surface area contributed by atoms with Gasteiger partial charge in [-0.2, -0.15) is 0 Å². The van der Waals surface area contributed by atoms with E-state index in [9.17, 15) is 0 Å². The van der Waals surface area contributed by atoms with Gasteiger partial charge in [0.15, 0.2) is 0 Å². The van der Waals surface area contributed by atoms with Crippen LogP contribution >= 0.6 is 0 Å². The largest absolute Gasteiger partial charge is 0.382 e. The summed E-state index contributed by atoms with van der Waals surface area (Å²) < 4.78 is 5.89. The summed E-state index contributed by atoms with van der Waals surface area (Å²) in [5.74, 6) is 0. The zero-order chi connectivity index (χ0) is 12.1. The van der Waals surface area contributed by atoms with Crippen molar-refractivity contribution < 1.29 is 4.74 Å². The molecule has 2 nitrogen and oxygen atoms in total. The van der Waals surface area contributed by atoms with Gasteiger partial charge < -0.3 is 10.1 Å². The first-order chi connectivity index (χ1) is 8.33. The van der Waals surface area contributed by atoms with E-state index < -0.39 is 0 Å². The van der Waals surface area contributed by atoms with Crippen LogP contribution in [-0.2, 0) is 17.6 Å². The Morgan fingerprint density at radius 1 is 1.35 bits per heavy atom. The summed E-state index contributed by atoms with van der Waals surface area (Å²) in [5, 5.41) is 3.47. The Bertz CT molecular complexity index is 362. The lowest BCUT2D eigenvalue weighted by molar-refractivity contribution is 0.0584. The fourth-order valence-corrected chi connectivity index (χ4v) is 2.26. The molecule has 0 aromatic heterocycles. The quantitative estimate of drug-likeness (QED) is 0.787. The maximum Gasteiger partial charge on any atom is 0.0788 e. The monoisotopic (exact) mass is 233 g/mol. The second-order valence-electron chi connectivity index (χ2n) is 4.78. The summed E-state index contributed by atoms with van der Waals surface area (Å²) in [6.07, 6.45) is 4.88. The van der Waals surface area contributed by atoms with E-state index in [1.165, 1.54) is 29.7 Å². The molecule has 1 aliphatic heterocycles. The van der Waals surface area contributed by atoms with Gasteiger partial charge in [0.1, 0.15) is 0 Å². The molecular formula is C15H23NO. The number of rotatable bonds is 5. The number of unbranched alkanes of at least 4 members (excludes halogenated alkanes) is 1. The van der Waals surface area contributed by atoms with E-state index in [4.69, 9.17) is 4.74 Å².